The minimum atomic E-state index is -3.83. The van der Waals surface area contributed by atoms with Crippen LogP contribution in [0.5, 0.6) is 23.0 Å². The summed E-state index contributed by atoms with van der Waals surface area (Å²) < 4.78 is 67.3. The third-order valence-corrected chi connectivity index (χ3v) is 9.88. The Balaban J connectivity index is 1.27. The van der Waals surface area contributed by atoms with Gasteiger partial charge in [-0.25, -0.2) is 16.8 Å². The standard InChI is InChI=1S/C32H30O10S2/c1-2-3-22-40-24-6-14-28(15-7-24)44(38,39)30-18-10-26(11-19-30)42-32(35)21-20-31(34)41-25-8-16-29(17-9-25)43(36,37)27-12-4-23(33)5-13-27/h4-19,33H,2-3,20-22H2,1H3. The normalized spacial score (nSPS) is 11.5. The van der Waals surface area contributed by atoms with E-state index >= 15 is 0 Å². The zero-order valence-electron chi connectivity index (χ0n) is 23.7. The maximum absolute atomic E-state index is 13.0. The van der Waals surface area contributed by atoms with E-state index in [0.29, 0.717) is 12.4 Å². The van der Waals surface area contributed by atoms with Crippen LogP contribution in [0.1, 0.15) is 32.6 Å². The Morgan fingerprint density at radius 2 is 0.909 bits per heavy atom. The first-order chi connectivity index (χ1) is 21.0. The number of benzene rings is 4. The van der Waals surface area contributed by atoms with E-state index in [9.17, 15) is 31.5 Å². The maximum atomic E-state index is 13.0. The number of unbranched alkanes of at least 4 members (excludes halogenated alkanes) is 1. The lowest BCUT2D eigenvalue weighted by Crippen LogP contribution is -2.14. The summed E-state index contributed by atoms with van der Waals surface area (Å²) in [7, 11) is -7.64. The van der Waals surface area contributed by atoms with Gasteiger partial charge in [-0.15, -0.1) is 0 Å². The number of sulfone groups is 2. The zero-order chi connectivity index (χ0) is 31.7. The van der Waals surface area contributed by atoms with Crippen LogP contribution in [-0.4, -0.2) is 40.5 Å². The molecule has 4 rings (SSSR count). The molecule has 4 aromatic rings. The first kappa shape index (κ1) is 32.2. The monoisotopic (exact) mass is 638 g/mol. The summed E-state index contributed by atoms with van der Waals surface area (Å²) in [5.74, 6) is -0.759. The quantitative estimate of drug-likeness (QED) is 0.113. The minimum absolute atomic E-state index is 0.00634. The number of esters is 2. The van der Waals surface area contributed by atoms with Crippen LogP contribution in [0, 0.1) is 0 Å². The molecule has 0 saturated carbocycles. The summed E-state index contributed by atoms with van der Waals surface area (Å²) in [6.07, 6.45) is 1.27. The number of ether oxygens (including phenoxy) is 3. The fraction of sp³-hybridized carbons (Fsp3) is 0.188. The van der Waals surface area contributed by atoms with Crippen molar-refractivity contribution in [2.45, 2.75) is 52.2 Å². The van der Waals surface area contributed by atoms with Gasteiger partial charge in [-0.1, -0.05) is 13.3 Å². The van der Waals surface area contributed by atoms with Crippen LogP contribution in [0.3, 0.4) is 0 Å². The Morgan fingerprint density at radius 3 is 1.27 bits per heavy atom. The summed E-state index contributed by atoms with van der Waals surface area (Å²) >= 11 is 0. The van der Waals surface area contributed by atoms with E-state index in [2.05, 4.69) is 0 Å². The molecule has 0 saturated heterocycles. The fourth-order valence-electron chi connectivity index (χ4n) is 3.89. The van der Waals surface area contributed by atoms with Crippen molar-refractivity contribution in [2.75, 3.05) is 6.61 Å². The van der Waals surface area contributed by atoms with Crippen molar-refractivity contribution in [3.63, 3.8) is 0 Å². The van der Waals surface area contributed by atoms with Crippen molar-refractivity contribution < 1.29 is 45.7 Å². The van der Waals surface area contributed by atoms with Crippen molar-refractivity contribution in [1.29, 1.82) is 0 Å². The number of rotatable bonds is 13. The predicted molar refractivity (Wildman–Crippen MR) is 159 cm³/mol. The van der Waals surface area contributed by atoms with E-state index in [1.165, 1.54) is 84.9 Å². The second-order valence-electron chi connectivity index (χ2n) is 9.57. The average Bonchev–Trinajstić information content (AvgIpc) is 3.01. The van der Waals surface area contributed by atoms with Crippen LogP contribution in [0.25, 0.3) is 0 Å². The van der Waals surface area contributed by atoms with Gasteiger partial charge >= 0.3 is 11.9 Å². The maximum Gasteiger partial charge on any atom is 0.311 e. The summed E-state index contributed by atoms with van der Waals surface area (Å²) in [4.78, 5) is 24.6. The van der Waals surface area contributed by atoms with Crippen LogP contribution >= 0.6 is 0 Å². The molecule has 0 aliphatic rings. The van der Waals surface area contributed by atoms with Crippen LogP contribution in [0.2, 0.25) is 0 Å². The summed E-state index contributed by atoms with van der Waals surface area (Å²) in [6.45, 7) is 2.60. The number of hydrogen-bond acceptors (Lipinski definition) is 10. The highest BCUT2D eigenvalue weighted by Crippen LogP contribution is 2.26. The summed E-state index contributed by atoms with van der Waals surface area (Å²) in [5, 5.41) is 9.37. The molecule has 0 spiro atoms. The number of phenolic OH excluding ortho intramolecular Hbond substituents is 1. The number of phenols is 1. The van der Waals surface area contributed by atoms with Gasteiger partial charge in [0.05, 0.1) is 39.0 Å². The first-order valence-electron chi connectivity index (χ1n) is 13.6. The van der Waals surface area contributed by atoms with Crippen LogP contribution in [-0.2, 0) is 29.3 Å². The Labute approximate surface area is 255 Å². The molecule has 12 heteroatoms. The molecule has 0 unspecified atom stereocenters. The van der Waals surface area contributed by atoms with Crippen LogP contribution in [0.15, 0.2) is 117 Å². The predicted octanol–water partition coefficient (Wildman–Crippen LogP) is 5.53. The smallest absolute Gasteiger partial charge is 0.311 e. The topological polar surface area (TPSA) is 150 Å². The third-order valence-electron chi connectivity index (χ3n) is 6.31. The van der Waals surface area contributed by atoms with Crippen molar-refractivity contribution in [1.82, 2.24) is 0 Å². The number of hydrogen-bond donors (Lipinski definition) is 1. The van der Waals surface area contributed by atoms with E-state index in [-0.39, 0.29) is 49.7 Å². The van der Waals surface area contributed by atoms with E-state index in [0.717, 1.165) is 12.8 Å². The van der Waals surface area contributed by atoms with Gasteiger partial charge < -0.3 is 19.3 Å². The second-order valence-corrected chi connectivity index (χ2v) is 13.5. The lowest BCUT2D eigenvalue weighted by Gasteiger charge is -2.09. The van der Waals surface area contributed by atoms with Gasteiger partial charge in [-0.3, -0.25) is 9.59 Å². The van der Waals surface area contributed by atoms with Gasteiger partial charge in [0.25, 0.3) is 0 Å². The largest absolute Gasteiger partial charge is 0.508 e. The molecule has 4 aromatic carbocycles. The molecule has 1 N–H and O–H groups in total. The molecule has 0 radical (unpaired) electrons. The van der Waals surface area contributed by atoms with Crippen molar-refractivity contribution in [2.24, 2.45) is 0 Å². The third kappa shape index (κ3) is 8.23. The first-order valence-corrected chi connectivity index (χ1v) is 16.6. The van der Waals surface area contributed by atoms with Crippen molar-refractivity contribution in [3.8, 4) is 23.0 Å². The molecular formula is C32H30O10S2. The molecule has 0 aliphatic carbocycles. The van der Waals surface area contributed by atoms with Crippen molar-refractivity contribution >= 4 is 31.6 Å². The second kappa shape index (κ2) is 14.2. The van der Waals surface area contributed by atoms with Gasteiger partial charge in [-0.2, -0.15) is 0 Å². The molecule has 0 amide bonds. The van der Waals surface area contributed by atoms with Crippen molar-refractivity contribution in [3.05, 3.63) is 97.1 Å². The van der Waals surface area contributed by atoms with E-state index < -0.39 is 31.6 Å². The van der Waals surface area contributed by atoms with Gasteiger partial charge in [-0.05, 0) is 103 Å². The highest BCUT2D eigenvalue weighted by molar-refractivity contribution is 7.91. The minimum Gasteiger partial charge on any atom is -0.508 e. The van der Waals surface area contributed by atoms with Gasteiger partial charge in [0.1, 0.15) is 23.0 Å². The van der Waals surface area contributed by atoms with Crippen LogP contribution < -0.4 is 14.2 Å². The molecule has 0 bridgehead atoms. The molecule has 10 nitrogen and oxygen atoms in total. The Kier molecular flexibility index (Phi) is 10.4. The summed E-state index contributed by atoms with van der Waals surface area (Å²) in [6, 6.07) is 21.7. The van der Waals surface area contributed by atoms with E-state index in [4.69, 9.17) is 14.2 Å². The molecule has 0 heterocycles. The molecule has 0 aliphatic heterocycles. The lowest BCUT2D eigenvalue weighted by molar-refractivity contribution is -0.140. The van der Waals surface area contributed by atoms with E-state index in [1.807, 2.05) is 6.92 Å². The number of carbonyl (C=O) groups is 2. The van der Waals surface area contributed by atoms with Gasteiger partial charge in [0.2, 0.25) is 19.7 Å². The molecule has 0 atom stereocenters. The average molecular weight is 639 g/mol. The molecule has 0 fully saturated rings. The molecular weight excluding hydrogens is 608 g/mol. The number of carbonyl (C=O) groups excluding carboxylic acids is 2. The SMILES string of the molecule is CCCCOc1ccc(S(=O)(=O)c2ccc(OC(=O)CCC(=O)Oc3ccc(S(=O)(=O)c4ccc(O)cc4)cc3)cc2)cc1. The van der Waals surface area contributed by atoms with Gasteiger partial charge in [0, 0.05) is 0 Å². The highest BCUT2D eigenvalue weighted by atomic mass is 32.2. The highest BCUT2D eigenvalue weighted by Gasteiger charge is 2.20. The van der Waals surface area contributed by atoms with Crippen LogP contribution in [0.4, 0.5) is 0 Å². The summed E-state index contributed by atoms with van der Waals surface area (Å²) in [5.41, 5.74) is 0. The Bertz CT molecular complexity index is 1800. The van der Waals surface area contributed by atoms with E-state index in [1.54, 1.807) is 12.1 Å². The Hall–Kier alpha value is -4.68. The molecule has 44 heavy (non-hydrogen) atoms. The Morgan fingerprint density at radius 1 is 0.568 bits per heavy atom. The zero-order valence-corrected chi connectivity index (χ0v) is 25.3. The molecule has 0 aromatic heterocycles. The molecule has 230 valence electrons. The fourth-order valence-corrected chi connectivity index (χ4v) is 6.41. The lowest BCUT2D eigenvalue weighted by atomic mass is 10.3. The number of aromatic hydroxyl groups is 1. The van der Waals surface area contributed by atoms with Gasteiger partial charge in [0.15, 0.2) is 0 Å².